The highest BCUT2D eigenvalue weighted by molar-refractivity contribution is 6.00. The van der Waals surface area contributed by atoms with Crippen LogP contribution in [-0.2, 0) is 35.1 Å². The molecule has 3 atom stereocenters. The Bertz CT molecular complexity index is 1820. The summed E-state index contributed by atoms with van der Waals surface area (Å²) >= 11 is 0. The van der Waals surface area contributed by atoms with Crippen LogP contribution in [0.4, 0.5) is 17.6 Å². The second-order valence-electron chi connectivity index (χ2n) is 12.2. The molecule has 2 aromatic heterocycles. The van der Waals surface area contributed by atoms with Crippen molar-refractivity contribution in [2.75, 3.05) is 27.7 Å². The number of benzene rings is 2. The third-order valence-corrected chi connectivity index (χ3v) is 9.19. The molecule has 0 saturated carbocycles. The van der Waals surface area contributed by atoms with Gasteiger partial charge in [-0.1, -0.05) is 36.4 Å². The molecule has 0 unspecified atom stereocenters. The normalized spacial score (nSPS) is 20.1. The van der Waals surface area contributed by atoms with Gasteiger partial charge < -0.3 is 19.1 Å². The lowest BCUT2D eigenvalue weighted by atomic mass is 9.75. The van der Waals surface area contributed by atoms with Crippen molar-refractivity contribution in [3.8, 4) is 0 Å². The standard InChI is InChI=1S/C35H32F4N4O4/c1-41(2)32(45)28-16-26-27(42(28)19-22-11-14-29(40-18-22)35(37,38)39)15-24-20-43(31(44)23-7-5-4-6-8-23)34(30(24)26,33(46)47-3)17-21-9-12-25(36)13-10-21/h4-14,16,18,24,30H,15,17,19-20H2,1-3H3/t24-,30+,34+/m0/s1. The summed E-state index contributed by atoms with van der Waals surface area (Å²) in [6.45, 7) is 0.257. The molecule has 1 aliphatic heterocycles. The molecule has 1 saturated heterocycles. The van der Waals surface area contributed by atoms with Crippen molar-refractivity contribution in [1.29, 1.82) is 0 Å². The van der Waals surface area contributed by atoms with Gasteiger partial charge in [-0.2, -0.15) is 13.2 Å². The minimum Gasteiger partial charge on any atom is -0.467 e. The van der Waals surface area contributed by atoms with Crippen LogP contribution in [0.1, 0.15) is 54.8 Å². The van der Waals surface area contributed by atoms with Crippen molar-refractivity contribution in [3.05, 3.63) is 124 Å². The number of hydrogen-bond acceptors (Lipinski definition) is 5. The van der Waals surface area contributed by atoms with E-state index in [0.29, 0.717) is 28.7 Å². The van der Waals surface area contributed by atoms with Crippen LogP contribution in [0.15, 0.2) is 79.0 Å². The molecule has 3 heterocycles. The van der Waals surface area contributed by atoms with E-state index in [-0.39, 0.29) is 42.9 Å². The highest BCUT2D eigenvalue weighted by atomic mass is 19.4. The number of likely N-dealkylation sites (tertiary alicyclic amines) is 1. The Morgan fingerprint density at radius 1 is 1.00 bits per heavy atom. The second kappa shape index (κ2) is 12.0. The third-order valence-electron chi connectivity index (χ3n) is 9.19. The smallest absolute Gasteiger partial charge is 0.433 e. The summed E-state index contributed by atoms with van der Waals surface area (Å²) in [5.74, 6) is -2.67. The molecule has 244 valence electrons. The predicted octanol–water partition coefficient (Wildman–Crippen LogP) is 5.36. The average molecular weight is 649 g/mol. The molecule has 4 aromatic rings. The quantitative estimate of drug-likeness (QED) is 0.199. The molecule has 0 bridgehead atoms. The van der Waals surface area contributed by atoms with Crippen molar-refractivity contribution in [2.45, 2.75) is 37.0 Å². The fraction of sp³-hybridized carbons (Fsp3) is 0.314. The van der Waals surface area contributed by atoms with E-state index in [1.807, 2.05) is 0 Å². The molecular formula is C35H32F4N4O4. The summed E-state index contributed by atoms with van der Waals surface area (Å²) < 4.78 is 60.8. The van der Waals surface area contributed by atoms with Gasteiger partial charge in [0.1, 0.15) is 17.2 Å². The number of carbonyl (C=O) groups excluding carboxylic acids is 3. The van der Waals surface area contributed by atoms with E-state index in [0.717, 1.165) is 18.0 Å². The number of esters is 1. The van der Waals surface area contributed by atoms with Crippen molar-refractivity contribution in [1.82, 2.24) is 19.4 Å². The Balaban J connectivity index is 1.51. The number of pyridine rings is 1. The Kier molecular flexibility index (Phi) is 8.15. The number of nitrogens with zero attached hydrogens (tertiary/aromatic N) is 4. The number of hydrogen-bond donors (Lipinski definition) is 0. The molecular weight excluding hydrogens is 616 g/mol. The molecule has 1 aliphatic carbocycles. The molecule has 2 aliphatic rings. The minimum atomic E-state index is -4.60. The van der Waals surface area contributed by atoms with Gasteiger partial charge in [0.15, 0.2) is 5.54 Å². The fourth-order valence-electron chi connectivity index (χ4n) is 7.17. The van der Waals surface area contributed by atoms with Crippen molar-refractivity contribution in [2.24, 2.45) is 5.92 Å². The number of aromatic nitrogens is 2. The van der Waals surface area contributed by atoms with E-state index in [9.17, 15) is 31.9 Å². The van der Waals surface area contributed by atoms with Gasteiger partial charge in [-0.3, -0.25) is 14.6 Å². The maximum Gasteiger partial charge on any atom is 0.433 e. The Hall–Kier alpha value is -5.00. The predicted molar refractivity (Wildman–Crippen MR) is 163 cm³/mol. The van der Waals surface area contributed by atoms with Gasteiger partial charge in [0, 0.05) is 57.0 Å². The van der Waals surface area contributed by atoms with Gasteiger partial charge >= 0.3 is 12.1 Å². The number of alkyl halides is 3. The van der Waals surface area contributed by atoms with Crippen LogP contribution < -0.4 is 0 Å². The third kappa shape index (κ3) is 5.55. The Morgan fingerprint density at radius 3 is 2.28 bits per heavy atom. The molecule has 47 heavy (non-hydrogen) atoms. The first-order chi connectivity index (χ1) is 22.3. The molecule has 0 N–H and O–H groups in total. The number of methoxy groups -OCH3 is 1. The first-order valence-corrected chi connectivity index (χ1v) is 15.0. The molecule has 6 rings (SSSR count). The van der Waals surface area contributed by atoms with Crippen LogP contribution in [0, 0.1) is 11.7 Å². The highest BCUT2D eigenvalue weighted by Gasteiger charge is 2.64. The second-order valence-corrected chi connectivity index (χ2v) is 12.2. The Morgan fingerprint density at radius 2 is 1.68 bits per heavy atom. The maximum atomic E-state index is 14.2. The van der Waals surface area contributed by atoms with Crippen LogP contribution in [0.3, 0.4) is 0 Å². The van der Waals surface area contributed by atoms with Gasteiger partial charge in [0.05, 0.1) is 7.11 Å². The fourth-order valence-corrected chi connectivity index (χ4v) is 7.17. The minimum absolute atomic E-state index is 0.0180. The van der Waals surface area contributed by atoms with E-state index >= 15 is 0 Å². The number of fused-ring (bicyclic) bond motifs is 3. The molecule has 2 aromatic carbocycles. The van der Waals surface area contributed by atoms with Crippen LogP contribution in [0.5, 0.6) is 0 Å². The molecule has 1 fully saturated rings. The molecule has 0 spiro atoms. The number of rotatable bonds is 7. The number of carbonyl (C=O) groups is 3. The van der Waals surface area contributed by atoms with Gasteiger partial charge in [-0.15, -0.1) is 0 Å². The van der Waals surface area contributed by atoms with Crippen LogP contribution in [0.2, 0.25) is 0 Å². The van der Waals surface area contributed by atoms with E-state index in [1.165, 1.54) is 30.2 Å². The monoisotopic (exact) mass is 648 g/mol. The summed E-state index contributed by atoms with van der Waals surface area (Å²) in [4.78, 5) is 48.4. The Labute approximate surface area is 268 Å². The summed E-state index contributed by atoms with van der Waals surface area (Å²) in [6, 6.07) is 18.3. The number of ether oxygens (including phenoxy) is 1. The first-order valence-electron chi connectivity index (χ1n) is 15.0. The van der Waals surface area contributed by atoms with Crippen LogP contribution in [0.25, 0.3) is 0 Å². The molecule has 2 amide bonds. The van der Waals surface area contributed by atoms with Crippen LogP contribution >= 0.6 is 0 Å². The lowest BCUT2D eigenvalue weighted by molar-refractivity contribution is -0.153. The molecule has 12 heteroatoms. The lowest BCUT2D eigenvalue weighted by Gasteiger charge is -2.40. The molecule has 0 radical (unpaired) electrons. The zero-order valence-corrected chi connectivity index (χ0v) is 25.9. The van der Waals surface area contributed by atoms with E-state index in [4.69, 9.17) is 4.74 Å². The van der Waals surface area contributed by atoms with Gasteiger partial charge in [0.2, 0.25) is 0 Å². The summed E-state index contributed by atoms with van der Waals surface area (Å²) in [7, 11) is 4.44. The number of halogens is 4. The first kappa shape index (κ1) is 32.0. The zero-order chi connectivity index (χ0) is 33.7. The zero-order valence-electron chi connectivity index (χ0n) is 25.9. The van der Waals surface area contributed by atoms with Crippen molar-refractivity contribution in [3.63, 3.8) is 0 Å². The van der Waals surface area contributed by atoms with Crippen molar-refractivity contribution < 1.29 is 36.7 Å². The highest BCUT2D eigenvalue weighted by Crippen LogP contribution is 2.55. The van der Waals surface area contributed by atoms with E-state index in [1.54, 1.807) is 72.1 Å². The SMILES string of the molecule is COC(=O)[C@@]1(Cc2ccc(F)cc2)[C@H]2c3cc(C(=O)N(C)C)n(Cc4ccc(C(F)(F)F)nc4)c3C[C@H]2CN1C(=O)c1ccccc1. The summed E-state index contributed by atoms with van der Waals surface area (Å²) in [6.07, 6.45) is -3.05. The topological polar surface area (TPSA) is 84.7 Å². The average Bonchev–Trinajstić information content (AvgIpc) is 3.69. The van der Waals surface area contributed by atoms with E-state index in [2.05, 4.69) is 4.98 Å². The van der Waals surface area contributed by atoms with Crippen LogP contribution in [-0.4, -0.2) is 70.4 Å². The number of amides is 2. The summed E-state index contributed by atoms with van der Waals surface area (Å²) in [5.41, 5.74) is 0.563. The van der Waals surface area contributed by atoms with Crippen molar-refractivity contribution >= 4 is 17.8 Å². The van der Waals surface area contributed by atoms with Gasteiger partial charge in [-0.25, -0.2) is 9.18 Å². The maximum absolute atomic E-state index is 14.2. The van der Waals surface area contributed by atoms with Gasteiger partial charge in [-0.05, 0) is 65.4 Å². The van der Waals surface area contributed by atoms with E-state index < -0.39 is 35.1 Å². The largest absolute Gasteiger partial charge is 0.467 e. The summed E-state index contributed by atoms with van der Waals surface area (Å²) in [5, 5.41) is 0. The van der Waals surface area contributed by atoms with Gasteiger partial charge in [0.25, 0.3) is 11.8 Å². The lowest BCUT2D eigenvalue weighted by Crippen LogP contribution is -2.58. The molecule has 8 nitrogen and oxygen atoms in total.